The van der Waals surface area contributed by atoms with Crippen LogP contribution in [0.25, 0.3) is 0 Å². The Hall–Kier alpha value is -1.65. The fraction of sp³-hybridized carbons (Fsp3) is 0.550. The maximum absolute atomic E-state index is 12.1. The zero-order valence-electron chi connectivity index (χ0n) is 15.2. The number of hydrogen-bond acceptors (Lipinski definition) is 4. The summed E-state index contributed by atoms with van der Waals surface area (Å²) < 4.78 is 11.1. The van der Waals surface area contributed by atoms with Gasteiger partial charge in [0, 0.05) is 11.8 Å². The van der Waals surface area contributed by atoms with Crippen molar-refractivity contribution in [1.82, 2.24) is 0 Å². The molecule has 4 heteroatoms. The van der Waals surface area contributed by atoms with Crippen LogP contribution in [0.5, 0.6) is 0 Å². The molecule has 3 unspecified atom stereocenters. The second-order valence-corrected chi connectivity index (χ2v) is 7.14. The van der Waals surface area contributed by atoms with Gasteiger partial charge in [-0.15, -0.1) is 6.58 Å². The second-order valence-electron chi connectivity index (χ2n) is 7.14. The van der Waals surface area contributed by atoms with Crippen molar-refractivity contribution in [1.29, 1.82) is 0 Å². The van der Waals surface area contributed by atoms with E-state index in [4.69, 9.17) is 9.47 Å². The normalized spacial score (nSPS) is 15.4. The highest BCUT2D eigenvalue weighted by molar-refractivity contribution is 5.70. The largest absolute Gasteiger partial charge is 0.460 e. The highest BCUT2D eigenvalue weighted by Crippen LogP contribution is 2.21. The fourth-order valence-corrected chi connectivity index (χ4v) is 2.35. The van der Waals surface area contributed by atoms with Gasteiger partial charge in [-0.05, 0) is 26.3 Å². The molecule has 0 spiro atoms. The van der Waals surface area contributed by atoms with Gasteiger partial charge in [0.05, 0.1) is 25.7 Å². The lowest BCUT2D eigenvalue weighted by atomic mass is 9.90. The zero-order valence-corrected chi connectivity index (χ0v) is 15.2. The van der Waals surface area contributed by atoms with Crippen LogP contribution in [0.2, 0.25) is 0 Å². The van der Waals surface area contributed by atoms with Crippen LogP contribution in [0.1, 0.15) is 39.7 Å². The number of rotatable bonds is 9. The molecule has 0 saturated carbocycles. The summed E-state index contributed by atoms with van der Waals surface area (Å²) in [4.78, 5) is 12.1. The van der Waals surface area contributed by atoms with E-state index in [1.54, 1.807) is 6.08 Å². The second kappa shape index (κ2) is 9.60. The van der Waals surface area contributed by atoms with Gasteiger partial charge < -0.3 is 14.6 Å². The summed E-state index contributed by atoms with van der Waals surface area (Å²) in [6.07, 6.45) is 1.10. The molecule has 4 nitrogen and oxygen atoms in total. The van der Waals surface area contributed by atoms with Crippen molar-refractivity contribution in [2.45, 2.75) is 52.4 Å². The number of carbonyl (C=O) groups is 1. The molecule has 0 bridgehead atoms. The van der Waals surface area contributed by atoms with E-state index in [2.05, 4.69) is 6.58 Å². The fourth-order valence-electron chi connectivity index (χ4n) is 2.35. The van der Waals surface area contributed by atoms with Crippen LogP contribution in [0.4, 0.5) is 0 Å². The van der Waals surface area contributed by atoms with Crippen LogP contribution in [0, 0.1) is 11.8 Å². The van der Waals surface area contributed by atoms with Gasteiger partial charge in [0.15, 0.2) is 0 Å². The van der Waals surface area contributed by atoms with Crippen molar-refractivity contribution in [2.24, 2.45) is 11.8 Å². The number of ether oxygens (including phenoxy) is 2. The minimum absolute atomic E-state index is 0.116. The molecular formula is C20H30O4. The first-order valence-electron chi connectivity index (χ1n) is 8.37. The Balaban J connectivity index is 2.63. The molecule has 0 heterocycles. The summed E-state index contributed by atoms with van der Waals surface area (Å²) in [6.45, 7) is 11.8. The van der Waals surface area contributed by atoms with Crippen LogP contribution < -0.4 is 0 Å². The van der Waals surface area contributed by atoms with E-state index in [0.717, 1.165) is 5.56 Å². The standard InChI is InChI=1S/C20H30O4/c1-6-15(2)19(22)17(12-18(21)24-20(3,4)5)14-23-13-16-10-8-7-9-11-16/h6-11,15,17,19,22H,1,12-14H2,2-5H3. The Kier molecular flexibility index (Phi) is 8.16. The molecule has 24 heavy (non-hydrogen) atoms. The molecule has 0 amide bonds. The van der Waals surface area contributed by atoms with E-state index >= 15 is 0 Å². The van der Waals surface area contributed by atoms with Crippen molar-refractivity contribution >= 4 is 5.97 Å². The number of esters is 1. The number of benzene rings is 1. The highest BCUT2D eigenvalue weighted by atomic mass is 16.6. The summed E-state index contributed by atoms with van der Waals surface area (Å²) >= 11 is 0. The summed E-state index contributed by atoms with van der Waals surface area (Å²) in [7, 11) is 0. The van der Waals surface area contributed by atoms with E-state index in [1.165, 1.54) is 0 Å². The molecule has 3 atom stereocenters. The topological polar surface area (TPSA) is 55.8 Å². The van der Waals surface area contributed by atoms with Crippen molar-refractivity contribution < 1.29 is 19.4 Å². The first-order chi connectivity index (χ1) is 11.2. The maximum Gasteiger partial charge on any atom is 0.306 e. The summed E-state index contributed by atoms with van der Waals surface area (Å²) in [5.41, 5.74) is 0.515. The van der Waals surface area contributed by atoms with E-state index in [9.17, 15) is 9.90 Å². The smallest absolute Gasteiger partial charge is 0.306 e. The quantitative estimate of drug-likeness (QED) is 0.552. The monoisotopic (exact) mass is 334 g/mol. The Morgan fingerprint density at radius 3 is 2.46 bits per heavy atom. The van der Waals surface area contributed by atoms with Crippen molar-refractivity contribution in [3.8, 4) is 0 Å². The van der Waals surface area contributed by atoms with Gasteiger partial charge in [-0.25, -0.2) is 0 Å². The van der Waals surface area contributed by atoms with E-state index < -0.39 is 11.7 Å². The third-order valence-electron chi connectivity index (χ3n) is 3.69. The Morgan fingerprint density at radius 2 is 1.92 bits per heavy atom. The molecule has 0 aliphatic heterocycles. The summed E-state index contributed by atoms with van der Waals surface area (Å²) in [6, 6.07) is 9.80. The van der Waals surface area contributed by atoms with Crippen LogP contribution in [-0.2, 0) is 20.9 Å². The molecule has 134 valence electrons. The molecule has 0 aromatic heterocycles. The molecule has 0 aliphatic rings. The number of hydrogen-bond donors (Lipinski definition) is 1. The minimum Gasteiger partial charge on any atom is -0.460 e. The van der Waals surface area contributed by atoms with E-state index in [0.29, 0.717) is 6.61 Å². The lowest BCUT2D eigenvalue weighted by molar-refractivity contribution is -0.158. The van der Waals surface area contributed by atoms with Crippen molar-refractivity contribution in [3.05, 3.63) is 48.6 Å². The summed E-state index contributed by atoms with van der Waals surface area (Å²) in [5.74, 6) is -0.791. The number of aliphatic hydroxyl groups excluding tert-OH is 1. The zero-order chi connectivity index (χ0) is 18.2. The highest BCUT2D eigenvalue weighted by Gasteiger charge is 2.28. The van der Waals surface area contributed by atoms with E-state index in [-0.39, 0.29) is 30.8 Å². The first kappa shape index (κ1) is 20.4. The van der Waals surface area contributed by atoms with Crippen molar-refractivity contribution in [3.63, 3.8) is 0 Å². The Bertz CT molecular complexity index is 504. The molecule has 0 radical (unpaired) electrons. The van der Waals surface area contributed by atoms with Gasteiger partial charge in [-0.1, -0.05) is 43.3 Å². The lowest BCUT2D eigenvalue weighted by Gasteiger charge is -2.27. The predicted octanol–water partition coefficient (Wildman–Crippen LogP) is 3.73. The average Bonchev–Trinajstić information content (AvgIpc) is 2.51. The molecule has 1 rings (SSSR count). The molecule has 0 aliphatic carbocycles. The average molecular weight is 334 g/mol. The molecule has 0 fully saturated rings. The Labute approximate surface area is 145 Å². The van der Waals surface area contributed by atoms with Gasteiger partial charge in [-0.2, -0.15) is 0 Å². The molecule has 1 aromatic rings. The van der Waals surface area contributed by atoms with Gasteiger partial charge >= 0.3 is 5.97 Å². The van der Waals surface area contributed by atoms with Gasteiger partial charge in [0.2, 0.25) is 0 Å². The predicted molar refractivity (Wildman–Crippen MR) is 95.4 cm³/mol. The number of aliphatic hydroxyl groups is 1. The maximum atomic E-state index is 12.1. The van der Waals surface area contributed by atoms with Crippen LogP contribution in [-0.4, -0.2) is 29.4 Å². The van der Waals surface area contributed by atoms with Gasteiger partial charge in [0.25, 0.3) is 0 Å². The third-order valence-corrected chi connectivity index (χ3v) is 3.69. The van der Waals surface area contributed by atoms with Gasteiger partial charge in [0.1, 0.15) is 5.60 Å². The summed E-state index contributed by atoms with van der Waals surface area (Å²) in [5, 5.41) is 10.5. The SMILES string of the molecule is C=CC(C)C(O)C(COCc1ccccc1)CC(=O)OC(C)(C)C. The molecule has 1 N–H and O–H groups in total. The lowest BCUT2D eigenvalue weighted by Crippen LogP contribution is -2.34. The van der Waals surface area contributed by atoms with Crippen molar-refractivity contribution in [2.75, 3.05) is 6.61 Å². The number of carbonyl (C=O) groups excluding carboxylic acids is 1. The van der Waals surface area contributed by atoms with Gasteiger partial charge in [-0.3, -0.25) is 4.79 Å². The van der Waals surface area contributed by atoms with Crippen LogP contribution in [0.3, 0.4) is 0 Å². The van der Waals surface area contributed by atoms with Crippen LogP contribution >= 0.6 is 0 Å². The third kappa shape index (κ3) is 7.75. The van der Waals surface area contributed by atoms with E-state index in [1.807, 2.05) is 58.0 Å². The van der Waals surface area contributed by atoms with Crippen LogP contribution in [0.15, 0.2) is 43.0 Å². The molecule has 1 aromatic carbocycles. The minimum atomic E-state index is -0.703. The Morgan fingerprint density at radius 1 is 1.29 bits per heavy atom. The molecule has 0 saturated heterocycles. The molecular weight excluding hydrogens is 304 g/mol. The first-order valence-corrected chi connectivity index (χ1v) is 8.37.